The summed E-state index contributed by atoms with van der Waals surface area (Å²) in [5.41, 5.74) is -7.40. The Hall–Kier alpha value is -3.09. The van der Waals surface area contributed by atoms with Crippen LogP contribution >= 0.6 is 0 Å². The van der Waals surface area contributed by atoms with E-state index in [-0.39, 0.29) is 11.0 Å². The largest absolute Gasteiger partial charge is 0.501 e. The topological polar surface area (TPSA) is 74.8 Å². The van der Waals surface area contributed by atoms with Gasteiger partial charge in [-0.1, -0.05) is 6.07 Å². The molecule has 0 atom stereocenters. The van der Waals surface area contributed by atoms with E-state index in [1.165, 1.54) is 0 Å². The Kier molecular flexibility index (Phi) is 6.16. The standard InChI is InChI=1S/C17H12F6N2O4S/c1-24(13-7-6-9(8-12(13)20)30(28,29)17(21,22)23)16(27)25(2)15(26)14-10(18)4-3-5-11(14)19/h3-8H,1-2H3. The maximum absolute atomic E-state index is 14.2. The van der Waals surface area contributed by atoms with Crippen molar-refractivity contribution in [1.29, 1.82) is 0 Å². The van der Waals surface area contributed by atoms with E-state index in [0.29, 0.717) is 17.0 Å². The van der Waals surface area contributed by atoms with E-state index in [0.717, 1.165) is 32.3 Å². The number of benzene rings is 2. The molecule has 30 heavy (non-hydrogen) atoms. The maximum atomic E-state index is 14.2. The summed E-state index contributed by atoms with van der Waals surface area (Å²) in [4.78, 5) is 24.0. The summed E-state index contributed by atoms with van der Waals surface area (Å²) in [6.07, 6.45) is 0. The lowest BCUT2D eigenvalue weighted by molar-refractivity contribution is -0.0436. The molecule has 2 rings (SSSR count). The number of alkyl halides is 3. The van der Waals surface area contributed by atoms with Crippen LogP contribution in [0.5, 0.6) is 0 Å². The summed E-state index contributed by atoms with van der Waals surface area (Å²) in [6, 6.07) is 2.29. The van der Waals surface area contributed by atoms with Crippen LogP contribution in [-0.2, 0) is 9.84 Å². The Morgan fingerprint density at radius 1 is 0.900 bits per heavy atom. The van der Waals surface area contributed by atoms with Gasteiger partial charge in [-0.15, -0.1) is 0 Å². The number of urea groups is 1. The number of hydrogen-bond donors (Lipinski definition) is 0. The van der Waals surface area contributed by atoms with E-state index in [2.05, 4.69) is 0 Å². The fourth-order valence-corrected chi connectivity index (χ4v) is 3.12. The van der Waals surface area contributed by atoms with Gasteiger partial charge in [0.05, 0.1) is 10.6 Å². The molecule has 6 nitrogen and oxygen atoms in total. The van der Waals surface area contributed by atoms with Crippen molar-refractivity contribution in [2.75, 3.05) is 19.0 Å². The molecule has 0 spiro atoms. The Balaban J connectivity index is 2.35. The van der Waals surface area contributed by atoms with Crippen LogP contribution < -0.4 is 4.90 Å². The minimum atomic E-state index is -5.83. The van der Waals surface area contributed by atoms with Gasteiger partial charge in [0.15, 0.2) is 0 Å². The Labute approximate surface area is 166 Å². The normalized spacial score (nSPS) is 11.9. The van der Waals surface area contributed by atoms with Gasteiger partial charge < -0.3 is 0 Å². The number of sulfone groups is 1. The molecular weight excluding hydrogens is 442 g/mol. The molecule has 0 N–H and O–H groups in total. The van der Waals surface area contributed by atoms with Crippen molar-refractivity contribution < 1.29 is 44.3 Å². The van der Waals surface area contributed by atoms with Gasteiger partial charge in [-0.05, 0) is 30.3 Å². The SMILES string of the molecule is CN(C(=O)c1c(F)cccc1F)C(=O)N(C)c1ccc(S(=O)(=O)C(F)(F)F)cc1F. The predicted octanol–water partition coefficient (Wildman–Crippen LogP) is 3.73. The van der Waals surface area contributed by atoms with E-state index < -0.39 is 60.9 Å². The fourth-order valence-electron chi connectivity index (χ4n) is 2.35. The molecule has 162 valence electrons. The van der Waals surface area contributed by atoms with Crippen LogP contribution in [0, 0.1) is 17.5 Å². The fraction of sp³-hybridized carbons (Fsp3) is 0.176. The van der Waals surface area contributed by atoms with Gasteiger partial charge in [-0.25, -0.2) is 26.4 Å². The number of imide groups is 1. The first-order valence-corrected chi connectivity index (χ1v) is 9.29. The number of rotatable bonds is 3. The summed E-state index contributed by atoms with van der Waals surface area (Å²) >= 11 is 0. The molecule has 0 saturated heterocycles. The summed E-state index contributed by atoms with van der Waals surface area (Å²) < 4.78 is 102. The smallest absolute Gasteiger partial charge is 0.294 e. The van der Waals surface area contributed by atoms with Gasteiger partial charge in [0.2, 0.25) is 0 Å². The van der Waals surface area contributed by atoms with Crippen LogP contribution in [0.3, 0.4) is 0 Å². The summed E-state index contributed by atoms with van der Waals surface area (Å²) in [7, 11) is -4.07. The molecule has 0 radical (unpaired) electrons. The number of hydrogen-bond acceptors (Lipinski definition) is 4. The van der Waals surface area contributed by atoms with Gasteiger partial charge in [0.25, 0.3) is 15.7 Å². The van der Waals surface area contributed by atoms with Gasteiger partial charge in [0.1, 0.15) is 23.0 Å². The van der Waals surface area contributed by atoms with Crippen LogP contribution in [0.4, 0.5) is 36.8 Å². The second kappa shape index (κ2) is 7.97. The molecule has 0 aliphatic heterocycles. The monoisotopic (exact) mass is 454 g/mol. The molecule has 0 aromatic heterocycles. The first-order valence-electron chi connectivity index (χ1n) is 7.80. The first-order chi connectivity index (χ1) is 13.7. The molecule has 0 aliphatic rings. The van der Waals surface area contributed by atoms with Gasteiger partial charge in [0, 0.05) is 14.1 Å². The van der Waals surface area contributed by atoms with Crippen molar-refractivity contribution in [3.8, 4) is 0 Å². The second-order valence-electron chi connectivity index (χ2n) is 5.86. The Bertz CT molecular complexity index is 1100. The predicted molar refractivity (Wildman–Crippen MR) is 91.9 cm³/mol. The quantitative estimate of drug-likeness (QED) is 0.663. The molecule has 2 aromatic carbocycles. The molecule has 0 heterocycles. The van der Waals surface area contributed by atoms with Crippen molar-refractivity contribution in [2.24, 2.45) is 0 Å². The number of carbonyl (C=O) groups is 2. The highest BCUT2D eigenvalue weighted by atomic mass is 32.2. The number of nitrogens with zero attached hydrogens (tertiary/aromatic N) is 2. The number of amides is 3. The average Bonchev–Trinajstić information content (AvgIpc) is 2.65. The first kappa shape index (κ1) is 23.2. The molecule has 0 bridgehead atoms. The zero-order chi connectivity index (χ0) is 23.0. The van der Waals surface area contributed by atoms with Crippen molar-refractivity contribution in [3.05, 3.63) is 59.4 Å². The highest BCUT2D eigenvalue weighted by molar-refractivity contribution is 7.92. The van der Waals surface area contributed by atoms with Gasteiger partial charge >= 0.3 is 11.5 Å². The summed E-state index contributed by atoms with van der Waals surface area (Å²) in [5, 5.41) is 0. The van der Waals surface area contributed by atoms with Crippen LogP contribution in [0.25, 0.3) is 0 Å². The number of carbonyl (C=O) groups excluding carboxylic acids is 2. The van der Waals surface area contributed by atoms with Crippen LogP contribution in [0.2, 0.25) is 0 Å². The zero-order valence-corrected chi connectivity index (χ0v) is 16.0. The third-order valence-corrected chi connectivity index (χ3v) is 5.43. The molecule has 13 heteroatoms. The lowest BCUT2D eigenvalue weighted by atomic mass is 10.1. The van der Waals surface area contributed by atoms with Gasteiger partial charge in [-0.3, -0.25) is 14.6 Å². The summed E-state index contributed by atoms with van der Waals surface area (Å²) in [5.74, 6) is -5.43. The molecule has 0 fully saturated rings. The molecule has 0 aliphatic carbocycles. The molecule has 3 amide bonds. The molecular formula is C17H12F6N2O4S. The Morgan fingerprint density at radius 2 is 1.43 bits per heavy atom. The second-order valence-corrected chi connectivity index (χ2v) is 7.81. The number of anilines is 1. The van der Waals surface area contributed by atoms with Crippen molar-refractivity contribution in [2.45, 2.75) is 10.4 Å². The van der Waals surface area contributed by atoms with E-state index in [4.69, 9.17) is 0 Å². The van der Waals surface area contributed by atoms with Gasteiger partial charge in [-0.2, -0.15) is 13.2 Å². The van der Waals surface area contributed by atoms with Crippen molar-refractivity contribution in [3.63, 3.8) is 0 Å². The zero-order valence-electron chi connectivity index (χ0n) is 15.2. The van der Waals surface area contributed by atoms with E-state index in [1.54, 1.807) is 0 Å². The highest BCUT2D eigenvalue weighted by Gasteiger charge is 2.47. The summed E-state index contributed by atoms with van der Waals surface area (Å²) in [6.45, 7) is 0. The minimum absolute atomic E-state index is 0.0558. The van der Waals surface area contributed by atoms with E-state index in [1.807, 2.05) is 0 Å². The van der Waals surface area contributed by atoms with Crippen LogP contribution in [-0.4, -0.2) is 44.9 Å². The van der Waals surface area contributed by atoms with Crippen molar-refractivity contribution >= 4 is 27.5 Å². The molecule has 2 aromatic rings. The average molecular weight is 454 g/mol. The molecule has 0 saturated carbocycles. The minimum Gasteiger partial charge on any atom is -0.294 e. The highest BCUT2D eigenvalue weighted by Crippen LogP contribution is 2.32. The third-order valence-electron chi connectivity index (χ3n) is 3.95. The van der Waals surface area contributed by atoms with E-state index >= 15 is 0 Å². The van der Waals surface area contributed by atoms with Crippen LogP contribution in [0.15, 0.2) is 41.3 Å². The third kappa shape index (κ3) is 4.10. The van der Waals surface area contributed by atoms with E-state index in [9.17, 15) is 44.3 Å². The lowest BCUT2D eigenvalue weighted by Crippen LogP contribution is -2.43. The molecule has 0 unspecified atom stereocenters. The van der Waals surface area contributed by atoms with Crippen LogP contribution in [0.1, 0.15) is 10.4 Å². The Morgan fingerprint density at radius 3 is 1.90 bits per heavy atom. The van der Waals surface area contributed by atoms with Crippen molar-refractivity contribution in [1.82, 2.24) is 4.90 Å². The maximum Gasteiger partial charge on any atom is 0.501 e. The number of halogens is 6. The lowest BCUT2D eigenvalue weighted by Gasteiger charge is -2.24.